The lowest BCUT2D eigenvalue weighted by atomic mass is 10.2. The summed E-state index contributed by atoms with van der Waals surface area (Å²) in [7, 11) is 0. The lowest BCUT2D eigenvalue weighted by molar-refractivity contribution is -0.384. The third-order valence-corrected chi connectivity index (χ3v) is 4.41. The smallest absolute Gasteiger partial charge is 0.269 e. The molecule has 0 radical (unpaired) electrons. The Kier molecular flexibility index (Phi) is 4.16. The van der Waals surface area contributed by atoms with Gasteiger partial charge in [0, 0.05) is 22.9 Å². The van der Waals surface area contributed by atoms with Crippen molar-refractivity contribution in [1.82, 2.24) is 4.98 Å². The summed E-state index contributed by atoms with van der Waals surface area (Å²) in [6.07, 6.45) is 1.58. The summed E-state index contributed by atoms with van der Waals surface area (Å²) >= 11 is 1.41. The van der Waals surface area contributed by atoms with Crippen molar-refractivity contribution in [2.45, 2.75) is 0 Å². The Hall–Kier alpha value is -3.52. The van der Waals surface area contributed by atoms with Crippen molar-refractivity contribution < 1.29 is 9.34 Å². The number of hydrogen-bond donors (Lipinski definition) is 1. The highest BCUT2D eigenvalue weighted by molar-refractivity contribution is 7.14. The van der Waals surface area contributed by atoms with Crippen molar-refractivity contribution in [3.05, 3.63) is 75.7 Å². The van der Waals surface area contributed by atoms with Crippen LogP contribution in [0.15, 0.2) is 69.5 Å². The number of nitrogens with zero attached hydrogens (tertiary/aromatic N) is 3. The molecular weight excluding hydrogens is 352 g/mol. The molecule has 0 saturated carbocycles. The van der Waals surface area contributed by atoms with Crippen LogP contribution >= 0.6 is 11.3 Å². The highest BCUT2D eigenvalue weighted by atomic mass is 32.1. The number of nitrogens with one attached hydrogen (secondary N) is 1. The SMILES string of the molecule is O=[N+]([O-])c1ccc(/C=N/Nc2nc(-c3cc4ccccc4o3)cs2)cc1. The van der Waals surface area contributed by atoms with Gasteiger partial charge in [-0.15, -0.1) is 11.3 Å². The number of aromatic nitrogens is 1. The predicted molar refractivity (Wildman–Crippen MR) is 102 cm³/mol. The molecule has 0 spiro atoms. The topological polar surface area (TPSA) is 93.6 Å². The minimum absolute atomic E-state index is 0.0468. The van der Waals surface area contributed by atoms with Gasteiger partial charge in [-0.25, -0.2) is 4.98 Å². The van der Waals surface area contributed by atoms with Crippen LogP contribution in [0.1, 0.15) is 5.56 Å². The Morgan fingerprint density at radius 1 is 1.19 bits per heavy atom. The monoisotopic (exact) mass is 364 g/mol. The van der Waals surface area contributed by atoms with Crippen molar-refractivity contribution in [1.29, 1.82) is 0 Å². The molecule has 0 fully saturated rings. The fourth-order valence-corrected chi connectivity index (χ4v) is 3.04. The number of hydrogen-bond acceptors (Lipinski definition) is 7. The third-order valence-electron chi connectivity index (χ3n) is 3.66. The van der Waals surface area contributed by atoms with Gasteiger partial charge in [0.15, 0.2) is 5.76 Å². The van der Waals surface area contributed by atoms with Gasteiger partial charge >= 0.3 is 0 Å². The van der Waals surface area contributed by atoms with Gasteiger partial charge < -0.3 is 4.42 Å². The fraction of sp³-hybridized carbons (Fsp3) is 0. The maximum Gasteiger partial charge on any atom is 0.269 e. The van der Waals surface area contributed by atoms with Crippen molar-refractivity contribution in [3.8, 4) is 11.5 Å². The summed E-state index contributed by atoms with van der Waals surface area (Å²) in [5, 5.41) is 18.3. The van der Waals surface area contributed by atoms with Crippen LogP contribution in [0, 0.1) is 10.1 Å². The molecule has 128 valence electrons. The molecule has 2 heterocycles. The second-order valence-electron chi connectivity index (χ2n) is 5.41. The van der Waals surface area contributed by atoms with E-state index in [2.05, 4.69) is 15.5 Å². The van der Waals surface area contributed by atoms with Crippen LogP contribution in [0.3, 0.4) is 0 Å². The normalized spacial score (nSPS) is 11.2. The van der Waals surface area contributed by atoms with Crippen LogP contribution in [0.2, 0.25) is 0 Å². The van der Waals surface area contributed by atoms with Gasteiger partial charge in [0.2, 0.25) is 5.13 Å². The summed E-state index contributed by atoms with van der Waals surface area (Å²) in [6.45, 7) is 0. The van der Waals surface area contributed by atoms with Crippen molar-refractivity contribution in [2.75, 3.05) is 5.43 Å². The van der Waals surface area contributed by atoms with E-state index in [1.54, 1.807) is 18.3 Å². The molecule has 0 saturated heterocycles. The Morgan fingerprint density at radius 3 is 2.77 bits per heavy atom. The van der Waals surface area contributed by atoms with Gasteiger partial charge in [-0.3, -0.25) is 15.5 Å². The van der Waals surface area contributed by atoms with Crippen LogP contribution in [0.5, 0.6) is 0 Å². The molecule has 1 N–H and O–H groups in total. The summed E-state index contributed by atoms with van der Waals surface area (Å²) in [5.74, 6) is 0.704. The molecule has 0 aliphatic carbocycles. The molecule has 0 amide bonds. The summed E-state index contributed by atoms with van der Waals surface area (Å²) < 4.78 is 5.79. The number of nitro benzene ring substituents is 1. The number of para-hydroxylation sites is 1. The van der Waals surface area contributed by atoms with Crippen LogP contribution in [0.4, 0.5) is 10.8 Å². The Labute approximate surface area is 151 Å². The van der Waals surface area contributed by atoms with Crippen molar-refractivity contribution in [3.63, 3.8) is 0 Å². The zero-order chi connectivity index (χ0) is 17.9. The molecule has 2 aromatic carbocycles. The largest absolute Gasteiger partial charge is 0.454 e. The maximum atomic E-state index is 10.6. The Balaban J connectivity index is 1.45. The lowest BCUT2D eigenvalue weighted by Gasteiger charge is -1.95. The van der Waals surface area contributed by atoms with E-state index in [1.807, 2.05) is 35.7 Å². The second-order valence-corrected chi connectivity index (χ2v) is 6.26. The van der Waals surface area contributed by atoms with Gasteiger partial charge in [-0.1, -0.05) is 18.2 Å². The number of thiazole rings is 1. The van der Waals surface area contributed by atoms with Gasteiger partial charge in [0.05, 0.1) is 11.1 Å². The average molecular weight is 364 g/mol. The average Bonchev–Trinajstić information content (AvgIpc) is 3.28. The van der Waals surface area contributed by atoms with E-state index in [0.717, 1.165) is 22.2 Å². The van der Waals surface area contributed by atoms with Crippen LogP contribution < -0.4 is 5.43 Å². The third kappa shape index (κ3) is 3.31. The molecule has 7 nitrogen and oxygen atoms in total. The van der Waals surface area contributed by atoms with Gasteiger partial charge in [-0.2, -0.15) is 5.10 Å². The molecule has 26 heavy (non-hydrogen) atoms. The highest BCUT2D eigenvalue weighted by Gasteiger charge is 2.09. The van der Waals surface area contributed by atoms with E-state index < -0.39 is 4.92 Å². The van der Waals surface area contributed by atoms with E-state index in [-0.39, 0.29) is 5.69 Å². The summed E-state index contributed by atoms with van der Waals surface area (Å²) in [6, 6.07) is 15.9. The van der Waals surface area contributed by atoms with Crippen molar-refractivity contribution >= 4 is 39.3 Å². The van der Waals surface area contributed by atoms with Crippen LogP contribution in [-0.2, 0) is 0 Å². The van der Waals surface area contributed by atoms with E-state index in [1.165, 1.54) is 23.5 Å². The van der Waals surface area contributed by atoms with Crippen LogP contribution in [-0.4, -0.2) is 16.1 Å². The predicted octanol–water partition coefficient (Wildman–Crippen LogP) is 4.91. The van der Waals surface area contributed by atoms with Crippen LogP contribution in [0.25, 0.3) is 22.4 Å². The second kappa shape index (κ2) is 6.77. The Bertz CT molecular complexity index is 1070. The van der Waals surface area contributed by atoms with E-state index in [0.29, 0.717) is 10.9 Å². The fourth-order valence-electron chi connectivity index (χ4n) is 2.39. The zero-order valence-electron chi connectivity index (χ0n) is 13.3. The first-order valence-electron chi connectivity index (χ1n) is 7.67. The summed E-state index contributed by atoms with van der Waals surface area (Å²) in [5.41, 5.74) is 5.21. The molecule has 0 atom stereocenters. The standard InChI is InChI=1S/C18H12N4O3S/c23-22(24)14-7-5-12(6-8-14)10-19-21-18-20-15(11-26-18)17-9-13-3-1-2-4-16(13)25-17/h1-11H,(H,20,21)/b19-10+. The van der Waals surface area contributed by atoms with Gasteiger partial charge in [0.25, 0.3) is 5.69 Å². The first-order chi connectivity index (χ1) is 12.7. The molecular formula is C18H12N4O3S. The van der Waals surface area contributed by atoms with Gasteiger partial charge in [0.1, 0.15) is 11.3 Å². The number of rotatable bonds is 5. The first kappa shape index (κ1) is 16.0. The van der Waals surface area contributed by atoms with E-state index in [9.17, 15) is 10.1 Å². The summed E-state index contributed by atoms with van der Waals surface area (Å²) in [4.78, 5) is 14.7. The molecule has 4 rings (SSSR count). The maximum absolute atomic E-state index is 10.6. The molecule has 8 heteroatoms. The number of fused-ring (bicyclic) bond motifs is 1. The molecule has 2 aromatic heterocycles. The minimum atomic E-state index is -0.436. The Morgan fingerprint density at radius 2 is 2.00 bits per heavy atom. The van der Waals surface area contributed by atoms with E-state index in [4.69, 9.17) is 4.42 Å². The molecule has 0 bridgehead atoms. The number of non-ortho nitro benzene ring substituents is 1. The number of anilines is 1. The lowest BCUT2D eigenvalue weighted by Crippen LogP contribution is -1.91. The number of benzene rings is 2. The quantitative estimate of drug-likeness (QED) is 0.308. The number of nitro groups is 1. The van der Waals surface area contributed by atoms with Crippen molar-refractivity contribution in [2.24, 2.45) is 5.10 Å². The number of furan rings is 1. The molecule has 0 aliphatic rings. The zero-order valence-corrected chi connectivity index (χ0v) is 14.1. The molecule has 0 unspecified atom stereocenters. The molecule has 0 aliphatic heterocycles. The minimum Gasteiger partial charge on any atom is -0.454 e. The highest BCUT2D eigenvalue weighted by Crippen LogP contribution is 2.30. The van der Waals surface area contributed by atoms with E-state index >= 15 is 0 Å². The van der Waals surface area contributed by atoms with Gasteiger partial charge in [-0.05, 0) is 29.8 Å². The molecule has 4 aromatic rings. The number of hydrazone groups is 1. The first-order valence-corrected chi connectivity index (χ1v) is 8.55.